The lowest BCUT2D eigenvalue weighted by atomic mass is 10.0. The fraction of sp³-hybridized carbons (Fsp3) is 0.333. The molecule has 1 aromatic heterocycles. The van der Waals surface area contributed by atoms with Gasteiger partial charge in [-0.25, -0.2) is 4.39 Å². The number of hydrogen-bond acceptors (Lipinski definition) is 4. The van der Waals surface area contributed by atoms with E-state index in [0.29, 0.717) is 24.4 Å². The number of benzene rings is 1. The Morgan fingerprint density at radius 2 is 1.84 bits per heavy atom. The Kier molecular flexibility index (Phi) is 5.14. The van der Waals surface area contributed by atoms with Crippen LogP contribution in [0.4, 0.5) is 4.39 Å². The van der Waals surface area contributed by atoms with Gasteiger partial charge in [0.25, 0.3) is 5.91 Å². The average molecular weight is 345 g/mol. The van der Waals surface area contributed by atoms with Crippen molar-refractivity contribution < 1.29 is 18.4 Å². The number of nitrogens with one attached hydrogen (secondary N) is 1. The lowest BCUT2D eigenvalue weighted by Crippen LogP contribution is -2.46. The van der Waals surface area contributed by atoms with Crippen molar-refractivity contribution >= 4 is 11.8 Å². The van der Waals surface area contributed by atoms with Gasteiger partial charge in [0, 0.05) is 24.7 Å². The molecule has 1 fully saturated rings. The van der Waals surface area contributed by atoms with Crippen LogP contribution >= 0.6 is 0 Å². The molecule has 0 radical (unpaired) electrons. The van der Waals surface area contributed by atoms with Gasteiger partial charge < -0.3 is 15.5 Å². The van der Waals surface area contributed by atoms with Gasteiger partial charge in [0.1, 0.15) is 11.6 Å². The molecular formula is C18H20FN3O3. The minimum atomic E-state index is -0.341. The van der Waals surface area contributed by atoms with Crippen molar-refractivity contribution in [3.8, 4) is 11.3 Å². The maximum Gasteiger partial charge on any atom is 0.287 e. The number of furan rings is 1. The molecule has 1 aromatic carbocycles. The number of carbonyl (C=O) groups is 2. The number of likely N-dealkylation sites (tertiary alicyclic amines) is 1. The lowest BCUT2D eigenvalue weighted by Gasteiger charge is -2.31. The number of nitrogens with two attached hydrogens (primary N) is 1. The highest BCUT2D eigenvalue weighted by Crippen LogP contribution is 2.22. The molecule has 6 nitrogen and oxygen atoms in total. The second-order valence-corrected chi connectivity index (χ2v) is 6.16. The van der Waals surface area contributed by atoms with Crippen LogP contribution in [-0.2, 0) is 4.79 Å². The summed E-state index contributed by atoms with van der Waals surface area (Å²) in [6.07, 6.45) is 1.51. The van der Waals surface area contributed by atoms with E-state index in [2.05, 4.69) is 5.32 Å². The highest BCUT2D eigenvalue weighted by molar-refractivity contribution is 5.92. The molecule has 132 valence electrons. The SMILES string of the molecule is NC(=O)CN1CCC(NC(=O)c2ccc(-c3ccc(F)cc3)o2)CC1. The van der Waals surface area contributed by atoms with E-state index in [-0.39, 0.29) is 36.0 Å². The van der Waals surface area contributed by atoms with E-state index in [1.165, 1.54) is 12.1 Å². The first-order valence-electron chi connectivity index (χ1n) is 8.18. The fourth-order valence-corrected chi connectivity index (χ4v) is 2.94. The van der Waals surface area contributed by atoms with Crippen LogP contribution in [0.15, 0.2) is 40.8 Å². The summed E-state index contributed by atoms with van der Waals surface area (Å²) < 4.78 is 18.6. The Morgan fingerprint density at radius 1 is 1.16 bits per heavy atom. The highest BCUT2D eigenvalue weighted by Gasteiger charge is 2.23. The van der Waals surface area contributed by atoms with Crippen LogP contribution in [0.5, 0.6) is 0 Å². The smallest absolute Gasteiger partial charge is 0.287 e. The second kappa shape index (κ2) is 7.48. The zero-order valence-corrected chi connectivity index (χ0v) is 13.7. The predicted octanol–water partition coefficient (Wildman–Crippen LogP) is 1.77. The second-order valence-electron chi connectivity index (χ2n) is 6.16. The Bertz CT molecular complexity index is 749. The van der Waals surface area contributed by atoms with Crippen molar-refractivity contribution in [1.82, 2.24) is 10.2 Å². The topological polar surface area (TPSA) is 88.6 Å². The summed E-state index contributed by atoms with van der Waals surface area (Å²) in [4.78, 5) is 25.2. The Hall–Kier alpha value is -2.67. The molecular weight excluding hydrogens is 325 g/mol. The molecule has 0 aliphatic carbocycles. The highest BCUT2D eigenvalue weighted by atomic mass is 19.1. The summed E-state index contributed by atoms with van der Waals surface area (Å²) >= 11 is 0. The number of nitrogens with zero attached hydrogens (tertiary/aromatic N) is 1. The summed E-state index contributed by atoms with van der Waals surface area (Å²) in [5, 5.41) is 2.95. The first-order chi connectivity index (χ1) is 12.0. The predicted molar refractivity (Wildman–Crippen MR) is 90.2 cm³/mol. The van der Waals surface area contributed by atoms with Crippen LogP contribution in [0.2, 0.25) is 0 Å². The van der Waals surface area contributed by atoms with Gasteiger partial charge in [-0.05, 0) is 49.2 Å². The average Bonchev–Trinajstić information content (AvgIpc) is 3.07. The minimum Gasteiger partial charge on any atom is -0.451 e. The first-order valence-corrected chi connectivity index (χ1v) is 8.18. The third-order valence-corrected chi connectivity index (χ3v) is 4.26. The van der Waals surface area contributed by atoms with Crippen LogP contribution < -0.4 is 11.1 Å². The number of rotatable bonds is 5. The van der Waals surface area contributed by atoms with Crippen LogP contribution in [0.25, 0.3) is 11.3 Å². The number of carbonyl (C=O) groups excluding carboxylic acids is 2. The van der Waals surface area contributed by atoms with Gasteiger partial charge in [-0.15, -0.1) is 0 Å². The normalized spacial score (nSPS) is 15.9. The van der Waals surface area contributed by atoms with Crippen molar-refractivity contribution in [2.24, 2.45) is 5.73 Å². The number of hydrogen-bond donors (Lipinski definition) is 2. The largest absolute Gasteiger partial charge is 0.451 e. The molecule has 1 aliphatic rings. The van der Waals surface area contributed by atoms with Crippen molar-refractivity contribution in [1.29, 1.82) is 0 Å². The van der Waals surface area contributed by atoms with Crippen molar-refractivity contribution in [3.63, 3.8) is 0 Å². The van der Waals surface area contributed by atoms with Gasteiger partial charge in [-0.3, -0.25) is 14.5 Å². The van der Waals surface area contributed by atoms with Gasteiger partial charge in [0.15, 0.2) is 5.76 Å². The Labute approximate surface area is 144 Å². The molecule has 3 N–H and O–H groups in total. The van der Waals surface area contributed by atoms with Gasteiger partial charge in [-0.2, -0.15) is 0 Å². The summed E-state index contributed by atoms with van der Waals surface area (Å²) in [6, 6.07) is 9.23. The number of piperidine rings is 1. The third-order valence-electron chi connectivity index (χ3n) is 4.26. The lowest BCUT2D eigenvalue weighted by molar-refractivity contribution is -0.119. The van der Waals surface area contributed by atoms with E-state index in [9.17, 15) is 14.0 Å². The van der Waals surface area contributed by atoms with E-state index in [0.717, 1.165) is 12.8 Å². The molecule has 0 atom stereocenters. The molecule has 2 heterocycles. The first kappa shape index (κ1) is 17.2. The van der Waals surface area contributed by atoms with Crippen LogP contribution in [-0.4, -0.2) is 42.4 Å². The van der Waals surface area contributed by atoms with Crippen LogP contribution in [0.1, 0.15) is 23.4 Å². The molecule has 0 spiro atoms. The van der Waals surface area contributed by atoms with Gasteiger partial charge in [-0.1, -0.05) is 0 Å². The third kappa shape index (κ3) is 4.45. The van der Waals surface area contributed by atoms with Gasteiger partial charge in [0.05, 0.1) is 6.54 Å². The Morgan fingerprint density at radius 3 is 2.48 bits per heavy atom. The quantitative estimate of drug-likeness (QED) is 0.864. The molecule has 25 heavy (non-hydrogen) atoms. The van der Waals surface area contributed by atoms with E-state index < -0.39 is 0 Å². The number of halogens is 1. The zero-order valence-electron chi connectivity index (χ0n) is 13.7. The van der Waals surface area contributed by atoms with E-state index in [4.69, 9.17) is 10.2 Å². The van der Waals surface area contributed by atoms with E-state index in [1.807, 2.05) is 4.90 Å². The number of amides is 2. The molecule has 2 amide bonds. The van der Waals surface area contributed by atoms with Crippen LogP contribution in [0.3, 0.4) is 0 Å². The molecule has 2 aromatic rings. The van der Waals surface area contributed by atoms with Gasteiger partial charge in [0.2, 0.25) is 5.91 Å². The monoisotopic (exact) mass is 345 g/mol. The van der Waals surface area contributed by atoms with Gasteiger partial charge >= 0.3 is 0 Å². The molecule has 0 bridgehead atoms. The molecule has 3 rings (SSSR count). The van der Waals surface area contributed by atoms with E-state index >= 15 is 0 Å². The fourth-order valence-electron chi connectivity index (χ4n) is 2.94. The van der Waals surface area contributed by atoms with Crippen molar-refractivity contribution in [2.45, 2.75) is 18.9 Å². The minimum absolute atomic E-state index is 0.0380. The molecule has 0 saturated carbocycles. The molecule has 7 heteroatoms. The maximum absolute atomic E-state index is 13.0. The van der Waals surface area contributed by atoms with Crippen LogP contribution in [0, 0.1) is 5.82 Å². The zero-order chi connectivity index (χ0) is 17.8. The van der Waals surface area contributed by atoms with Crippen molar-refractivity contribution in [3.05, 3.63) is 48.0 Å². The molecule has 0 unspecified atom stereocenters. The molecule has 1 saturated heterocycles. The number of primary amides is 1. The maximum atomic E-state index is 13.0. The van der Waals surface area contributed by atoms with Crippen molar-refractivity contribution in [2.75, 3.05) is 19.6 Å². The molecule has 1 aliphatic heterocycles. The summed E-state index contributed by atoms with van der Waals surface area (Å²) in [5.41, 5.74) is 5.90. The standard InChI is InChI=1S/C18H20FN3O3/c19-13-3-1-12(2-4-13)15-5-6-16(25-15)18(24)21-14-7-9-22(10-8-14)11-17(20)23/h1-6,14H,7-11H2,(H2,20,23)(H,21,24). The summed E-state index contributed by atoms with van der Waals surface area (Å²) in [6.45, 7) is 1.68. The summed E-state index contributed by atoms with van der Waals surface area (Å²) in [7, 11) is 0. The Balaban J connectivity index is 1.56. The van der Waals surface area contributed by atoms with E-state index in [1.54, 1.807) is 24.3 Å². The summed E-state index contributed by atoms with van der Waals surface area (Å²) in [5.74, 6) is -0.204.